The minimum absolute atomic E-state index is 0.245. The molecule has 0 unspecified atom stereocenters. The monoisotopic (exact) mass is 259 g/mol. The minimum atomic E-state index is -0.815. The summed E-state index contributed by atoms with van der Waals surface area (Å²) >= 11 is 4.82. The van der Waals surface area contributed by atoms with Crippen LogP contribution in [0.4, 0.5) is 0 Å². The van der Waals surface area contributed by atoms with Crippen LogP contribution in [0.5, 0.6) is 0 Å². The lowest BCUT2D eigenvalue weighted by Crippen LogP contribution is -2.31. The maximum atomic E-state index is 10.1. The Bertz CT molecular complexity index is 481. The molecule has 0 amide bonds. The van der Waals surface area contributed by atoms with Gasteiger partial charge in [0.15, 0.2) is 12.1 Å². The van der Waals surface area contributed by atoms with Gasteiger partial charge in [0, 0.05) is 0 Å². The van der Waals surface area contributed by atoms with Gasteiger partial charge in [0.25, 0.3) is 4.84 Å². The van der Waals surface area contributed by atoms with Crippen molar-refractivity contribution in [1.82, 2.24) is 4.98 Å². The second-order valence-corrected chi connectivity index (χ2v) is 4.99. The lowest BCUT2D eigenvalue weighted by Gasteiger charge is -2.22. The highest BCUT2D eigenvalue weighted by Gasteiger charge is 2.55. The number of nitrogens with one attached hydrogen (secondary N) is 1. The molecule has 7 heteroatoms. The number of aromatic amines is 1. The predicted octanol–water partition coefficient (Wildman–Crippen LogP) is 1.25. The zero-order valence-corrected chi connectivity index (χ0v) is 10.2. The normalized spacial score (nSPS) is 39.5. The van der Waals surface area contributed by atoms with Gasteiger partial charge in [0.2, 0.25) is 0 Å². The van der Waals surface area contributed by atoms with Crippen LogP contribution < -0.4 is 0 Å². The molecule has 2 N–H and O–H groups in total. The third-order valence-electron chi connectivity index (χ3n) is 2.86. The summed E-state index contributed by atoms with van der Waals surface area (Å²) in [5.41, 5.74) is 0.585. The van der Waals surface area contributed by atoms with E-state index in [9.17, 15) is 5.11 Å². The van der Waals surface area contributed by atoms with Crippen molar-refractivity contribution in [3.05, 3.63) is 16.8 Å². The summed E-state index contributed by atoms with van der Waals surface area (Å²) in [4.78, 5) is 3.06. The van der Waals surface area contributed by atoms with Crippen LogP contribution in [-0.4, -0.2) is 34.4 Å². The van der Waals surface area contributed by atoms with E-state index in [-0.39, 0.29) is 4.84 Å². The van der Waals surface area contributed by atoms with Crippen LogP contribution in [0.2, 0.25) is 0 Å². The Balaban J connectivity index is 1.83. The molecule has 17 heavy (non-hydrogen) atoms. The van der Waals surface area contributed by atoms with Crippen LogP contribution in [0.1, 0.15) is 25.6 Å². The highest BCUT2D eigenvalue weighted by atomic mass is 32.1. The SMILES string of the molecule is CC1(C)O[C@H]2O[C@H](c3coc(=S)[nH]3)[C@@H](O)[C@H]2O1. The smallest absolute Gasteiger partial charge is 0.266 e. The van der Waals surface area contributed by atoms with Crippen molar-refractivity contribution >= 4 is 12.2 Å². The van der Waals surface area contributed by atoms with Gasteiger partial charge in [0.05, 0.1) is 5.69 Å². The Morgan fingerprint density at radius 3 is 2.76 bits per heavy atom. The quantitative estimate of drug-likeness (QED) is 0.739. The number of ether oxygens (including phenoxy) is 3. The van der Waals surface area contributed by atoms with Gasteiger partial charge in [-0.15, -0.1) is 0 Å². The maximum absolute atomic E-state index is 10.1. The molecular formula is C10H13NO5S. The van der Waals surface area contributed by atoms with Gasteiger partial charge in [-0.05, 0) is 26.1 Å². The number of hydrogen-bond acceptors (Lipinski definition) is 6. The Morgan fingerprint density at radius 1 is 1.41 bits per heavy atom. The molecule has 0 radical (unpaired) electrons. The average molecular weight is 259 g/mol. The van der Waals surface area contributed by atoms with Crippen molar-refractivity contribution in [3.63, 3.8) is 0 Å². The lowest BCUT2D eigenvalue weighted by molar-refractivity contribution is -0.216. The number of oxazole rings is 1. The first-order valence-electron chi connectivity index (χ1n) is 5.33. The van der Waals surface area contributed by atoms with Crippen molar-refractivity contribution in [2.75, 3.05) is 0 Å². The van der Waals surface area contributed by atoms with E-state index in [1.54, 1.807) is 13.8 Å². The summed E-state index contributed by atoms with van der Waals surface area (Å²) in [7, 11) is 0. The summed E-state index contributed by atoms with van der Waals surface area (Å²) in [6, 6.07) is 0. The summed E-state index contributed by atoms with van der Waals surface area (Å²) < 4.78 is 21.7. The second kappa shape index (κ2) is 3.63. The van der Waals surface area contributed by atoms with Crippen molar-refractivity contribution in [2.24, 2.45) is 0 Å². The molecule has 0 aliphatic carbocycles. The fourth-order valence-corrected chi connectivity index (χ4v) is 2.35. The first kappa shape index (κ1) is 11.4. The summed E-state index contributed by atoms with van der Waals surface area (Å²) in [6.07, 6.45) is -1.01. The third kappa shape index (κ3) is 1.84. The fraction of sp³-hybridized carbons (Fsp3) is 0.700. The molecular weight excluding hydrogens is 246 g/mol. The van der Waals surface area contributed by atoms with E-state index in [0.717, 1.165) is 0 Å². The lowest BCUT2D eigenvalue weighted by atomic mass is 10.1. The topological polar surface area (TPSA) is 76.9 Å². The van der Waals surface area contributed by atoms with Crippen LogP contribution >= 0.6 is 12.2 Å². The number of hydrogen-bond donors (Lipinski definition) is 2. The number of rotatable bonds is 1. The van der Waals surface area contributed by atoms with E-state index in [4.69, 9.17) is 30.8 Å². The minimum Gasteiger partial charge on any atom is -0.438 e. The molecule has 0 spiro atoms. The van der Waals surface area contributed by atoms with E-state index in [1.165, 1.54) is 6.26 Å². The van der Waals surface area contributed by atoms with Crippen LogP contribution in [0, 0.1) is 4.84 Å². The molecule has 2 fully saturated rings. The average Bonchev–Trinajstić information content (AvgIpc) is 2.83. The highest BCUT2D eigenvalue weighted by molar-refractivity contribution is 7.71. The van der Waals surface area contributed by atoms with Gasteiger partial charge in [-0.1, -0.05) is 0 Å². The molecule has 1 aromatic rings. The van der Waals surface area contributed by atoms with Gasteiger partial charge < -0.3 is 28.7 Å². The molecule has 6 nitrogen and oxygen atoms in total. The zero-order chi connectivity index (χ0) is 12.2. The molecule has 94 valence electrons. The Labute approximate surface area is 102 Å². The third-order valence-corrected chi connectivity index (χ3v) is 3.06. The number of aliphatic hydroxyl groups is 1. The standard InChI is InChI=1S/C10H13NO5S/c1-10(2)15-7-5(12)6(14-8(7)16-10)4-3-13-9(17)11-4/h3,5-8,12H,1-2H3,(H,11,17)/t5-,6-,7-,8-/m1/s1. The predicted molar refractivity (Wildman–Crippen MR) is 57.6 cm³/mol. The van der Waals surface area contributed by atoms with Crippen molar-refractivity contribution in [2.45, 2.75) is 44.2 Å². The van der Waals surface area contributed by atoms with E-state index in [0.29, 0.717) is 5.69 Å². The molecule has 1 aromatic heterocycles. The van der Waals surface area contributed by atoms with Crippen LogP contribution in [-0.2, 0) is 14.2 Å². The van der Waals surface area contributed by atoms with Crippen molar-refractivity contribution < 1.29 is 23.7 Å². The molecule has 3 heterocycles. The van der Waals surface area contributed by atoms with E-state index < -0.39 is 30.4 Å². The molecule has 2 aliphatic rings. The van der Waals surface area contributed by atoms with Crippen LogP contribution in [0.3, 0.4) is 0 Å². The number of fused-ring (bicyclic) bond motifs is 1. The highest BCUT2D eigenvalue weighted by Crippen LogP contribution is 2.42. The molecule has 0 aromatic carbocycles. The van der Waals surface area contributed by atoms with Gasteiger partial charge in [-0.2, -0.15) is 0 Å². The molecule has 2 aliphatic heterocycles. The first-order chi connectivity index (χ1) is 7.96. The summed E-state index contributed by atoms with van der Waals surface area (Å²) in [5, 5.41) is 10.1. The van der Waals surface area contributed by atoms with Gasteiger partial charge in [-0.25, -0.2) is 0 Å². The molecule has 3 rings (SSSR count). The molecule has 2 saturated heterocycles. The number of H-pyrrole nitrogens is 1. The Kier molecular flexibility index (Phi) is 2.43. The van der Waals surface area contributed by atoms with Crippen molar-refractivity contribution in [3.8, 4) is 0 Å². The van der Waals surface area contributed by atoms with E-state index in [2.05, 4.69) is 4.98 Å². The fourth-order valence-electron chi connectivity index (χ4n) is 2.18. The zero-order valence-electron chi connectivity index (χ0n) is 9.38. The largest absolute Gasteiger partial charge is 0.438 e. The number of aromatic nitrogens is 1. The molecule has 0 bridgehead atoms. The van der Waals surface area contributed by atoms with Gasteiger partial charge in [0.1, 0.15) is 24.6 Å². The summed E-state index contributed by atoms with van der Waals surface area (Å²) in [5.74, 6) is -0.732. The Morgan fingerprint density at radius 2 is 2.18 bits per heavy atom. The second-order valence-electron chi connectivity index (χ2n) is 4.62. The maximum Gasteiger partial charge on any atom is 0.266 e. The van der Waals surface area contributed by atoms with E-state index in [1.807, 2.05) is 0 Å². The number of aliphatic hydroxyl groups excluding tert-OH is 1. The van der Waals surface area contributed by atoms with Gasteiger partial charge >= 0.3 is 0 Å². The molecule has 4 atom stereocenters. The molecule has 0 saturated carbocycles. The van der Waals surface area contributed by atoms with Crippen LogP contribution in [0.25, 0.3) is 0 Å². The van der Waals surface area contributed by atoms with E-state index >= 15 is 0 Å². The van der Waals surface area contributed by atoms with Crippen LogP contribution in [0.15, 0.2) is 10.7 Å². The summed E-state index contributed by atoms with van der Waals surface area (Å²) in [6.45, 7) is 3.56. The Hall–Kier alpha value is -0.730. The first-order valence-corrected chi connectivity index (χ1v) is 5.74. The van der Waals surface area contributed by atoms with Gasteiger partial charge in [-0.3, -0.25) is 0 Å². The van der Waals surface area contributed by atoms with Crippen molar-refractivity contribution in [1.29, 1.82) is 0 Å².